The number of hydrogen-bond acceptors (Lipinski definition) is 4. The molecule has 2 aromatic heterocycles. The van der Waals surface area contributed by atoms with Gasteiger partial charge in [-0.1, -0.05) is 72.8 Å². The SMILES string of the molecule is CC(C)(C)O[B-](OC(C)(C)C)(c1cccc2c1sc1ccccc12)c1cccc2c1sc1ccccc12.[H-].[Li+]. The summed E-state index contributed by atoms with van der Waals surface area (Å²) < 4.78 is 19.5. The minimum Gasteiger partial charge on any atom is -1.00 e. The van der Waals surface area contributed by atoms with Crippen LogP contribution in [-0.2, 0) is 9.31 Å². The molecule has 0 radical (unpaired) electrons. The van der Waals surface area contributed by atoms with Crippen molar-refractivity contribution in [2.24, 2.45) is 0 Å². The molecule has 0 amide bonds. The van der Waals surface area contributed by atoms with Crippen LogP contribution in [0.15, 0.2) is 84.9 Å². The predicted octanol–water partition coefficient (Wildman–Crippen LogP) is 5.73. The van der Waals surface area contributed by atoms with Crippen molar-refractivity contribution in [3.63, 3.8) is 0 Å². The van der Waals surface area contributed by atoms with Gasteiger partial charge in [0.2, 0.25) is 0 Å². The number of thiophene rings is 2. The van der Waals surface area contributed by atoms with E-state index in [1.807, 2.05) is 22.7 Å². The van der Waals surface area contributed by atoms with Gasteiger partial charge < -0.3 is 10.7 Å². The van der Waals surface area contributed by atoms with Gasteiger partial charge in [-0.25, -0.2) is 0 Å². The van der Waals surface area contributed by atoms with Crippen LogP contribution >= 0.6 is 22.7 Å². The number of hydrogen-bond donors (Lipinski definition) is 0. The minimum atomic E-state index is -2.08. The van der Waals surface area contributed by atoms with Gasteiger partial charge in [-0.3, -0.25) is 0 Å². The molecule has 0 unspecified atom stereocenters. The molecule has 190 valence electrons. The Balaban J connectivity index is 0.00000176. The zero-order valence-corrected chi connectivity index (χ0v) is 24.9. The third-order valence-electron chi connectivity index (χ3n) is 6.73. The zero-order valence-electron chi connectivity index (χ0n) is 24.3. The molecule has 0 N–H and O–H groups in total. The summed E-state index contributed by atoms with van der Waals surface area (Å²) in [5, 5.41) is 5.06. The van der Waals surface area contributed by atoms with E-state index in [9.17, 15) is 0 Å². The Morgan fingerprint density at radius 3 is 1.29 bits per heavy atom. The molecule has 6 heteroatoms. The van der Waals surface area contributed by atoms with E-state index in [1.54, 1.807) is 0 Å². The van der Waals surface area contributed by atoms with Crippen LogP contribution < -0.4 is 29.8 Å². The number of rotatable bonds is 4. The first-order valence-corrected chi connectivity index (χ1v) is 14.5. The fourth-order valence-corrected chi connectivity index (χ4v) is 8.14. The zero-order chi connectivity index (χ0) is 26.0. The maximum absolute atomic E-state index is 7.24. The topological polar surface area (TPSA) is 18.5 Å². The Labute approximate surface area is 246 Å². The van der Waals surface area contributed by atoms with Crippen molar-refractivity contribution in [1.29, 1.82) is 0 Å². The van der Waals surface area contributed by atoms with E-state index in [2.05, 4.69) is 126 Å². The summed E-state index contributed by atoms with van der Waals surface area (Å²) in [6.45, 7) is 10.7. The van der Waals surface area contributed by atoms with Crippen LogP contribution in [0.5, 0.6) is 0 Å². The molecular weight excluding hydrogens is 498 g/mol. The van der Waals surface area contributed by atoms with Crippen LogP contribution in [-0.4, -0.2) is 17.8 Å². The van der Waals surface area contributed by atoms with E-state index >= 15 is 0 Å². The quantitative estimate of drug-likeness (QED) is 0.271. The molecule has 6 rings (SSSR count). The molecule has 38 heavy (non-hydrogen) atoms. The second kappa shape index (κ2) is 9.82. The normalized spacial score (nSPS) is 13.0. The third kappa shape index (κ3) is 4.75. The molecule has 2 nitrogen and oxygen atoms in total. The molecule has 0 atom stereocenters. The molecule has 0 spiro atoms. The van der Waals surface area contributed by atoms with Crippen molar-refractivity contribution in [3.8, 4) is 0 Å². The van der Waals surface area contributed by atoms with Crippen LogP contribution in [0.4, 0.5) is 0 Å². The molecule has 0 aliphatic heterocycles. The maximum Gasteiger partial charge on any atom is 1.00 e. The Kier molecular flexibility index (Phi) is 7.10. The summed E-state index contributed by atoms with van der Waals surface area (Å²) in [5.74, 6) is 0. The van der Waals surface area contributed by atoms with Gasteiger partial charge in [-0.15, -0.1) is 33.6 Å². The third-order valence-corrected chi connectivity index (χ3v) is 9.20. The van der Waals surface area contributed by atoms with Gasteiger partial charge in [0.25, 0.3) is 0 Å². The molecule has 2 heterocycles. The molecule has 6 aromatic rings. The van der Waals surface area contributed by atoms with E-state index in [-0.39, 0.29) is 20.3 Å². The Bertz CT molecular complexity index is 1650. The average Bonchev–Trinajstić information content (AvgIpc) is 3.40. The number of fused-ring (bicyclic) bond motifs is 6. The van der Waals surface area contributed by atoms with Gasteiger partial charge in [-0.05, 0) is 64.4 Å². The van der Waals surface area contributed by atoms with E-state index in [4.69, 9.17) is 9.31 Å². The van der Waals surface area contributed by atoms with Crippen LogP contribution in [0.3, 0.4) is 0 Å². The van der Waals surface area contributed by atoms with Crippen molar-refractivity contribution in [2.75, 3.05) is 0 Å². The average molecular weight is 532 g/mol. The second-order valence-corrected chi connectivity index (χ2v) is 13.9. The summed E-state index contributed by atoms with van der Waals surface area (Å²) in [7, 11) is 0. The van der Waals surface area contributed by atoms with Crippen molar-refractivity contribution >= 4 is 80.5 Å². The van der Waals surface area contributed by atoms with Gasteiger partial charge in [0.05, 0.1) is 0 Å². The summed E-state index contributed by atoms with van der Waals surface area (Å²) in [6, 6.07) is 30.6. The van der Waals surface area contributed by atoms with E-state index in [0.717, 1.165) is 10.9 Å². The fraction of sp³-hybridized carbons (Fsp3) is 0.250. The molecular formula is C32H33BLiO2S2-. The standard InChI is InChI=1S/C32H32BO2S2.Li.H/c1-31(2,3)34-33(35-32(4,5)6,25-17-11-15-23-21-13-7-9-19-27(21)36-29(23)25)26-18-12-16-24-22-14-8-10-20-28(22)37-30(24)26;;/h7-20H,1-6H3;;/q-1;+1;-1. The molecule has 0 saturated heterocycles. The molecule has 0 fully saturated rings. The predicted molar refractivity (Wildman–Crippen MR) is 166 cm³/mol. The summed E-state index contributed by atoms with van der Waals surface area (Å²) in [4.78, 5) is 0. The Morgan fingerprint density at radius 1 is 0.526 bits per heavy atom. The maximum atomic E-state index is 7.24. The van der Waals surface area contributed by atoms with Crippen LogP contribution in [0, 0.1) is 0 Å². The first-order chi connectivity index (χ1) is 17.6. The summed E-state index contributed by atoms with van der Waals surface area (Å²) in [5.41, 5.74) is 1.35. The van der Waals surface area contributed by atoms with Gasteiger partial charge in [0.15, 0.2) is 0 Å². The fourth-order valence-electron chi connectivity index (χ4n) is 5.58. The van der Waals surface area contributed by atoms with Gasteiger partial charge in [0, 0.05) is 40.8 Å². The van der Waals surface area contributed by atoms with Crippen molar-refractivity contribution < 1.29 is 29.6 Å². The van der Waals surface area contributed by atoms with Gasteiger partial charge >= 0.3 is 25.4 Å². The summed E-state index contributed by atoms with van der Waals surface area (Å²) >= 11 is 3.66. The van der Waals surface area contributed by atoms with Gasteiger partial charge in [0.1, 0.15) is 0 Å². The summed E-state index contributed by atoms with van der Waals surface area (Å²) in [6.07, 6.45) is 0. The molecule has 0 aliphatic rings. The van der Waals surface area contributed by atoms with Crippen molar-refractivity contribution in [2.45, 2.75) is 52.7 Å². The van der Waals surface area contributed by atoms with Crippen molar-refractivity contribution in [3.05, 3.63) is 84.9 Å². The molecule has 0 bridgehead atoms. The minimum absolute atomic E-state index is 0. The van der Waals surface area contributed by atoms with E-state index in [0.29, 0.717) is 0 Å². The van der Waals surface area contributed by atoms with E-state index < -0.39 is 17.8 Å². The van der Waals surface area contributed by atoms with Crippen LogP contribution in [0.25, 0.3) is 40.3 Å². The molecule has 4 aromatic carbocycles. The monoisotopic (exact) mass is 531 g/mol. The van der Waals surface area contributed by atoms with Crippen LogP contribution in [0.2, 0.25) is 0 Å². The largest absolute Gasteiger partial charge is 1.00 e. The second-order valence-electron chi connectivity index (χ2n) is 11.8. The molecule has 0 saturated carbocycles. The first kappa shape index (κ1) is 27.5. The first-order valence-electron chi connectivity index (χ1n) is 12.9. The molecule has 0 aliphatic carbocycles. The van der Waals surface area contributed by atoms with E-state index in [1.165, 1.54) is 40.3 Å². The Morgan fingerprint density at radius 2 is 0.895 bits per heavy atom. The van der Waals surface area contributed by atoms with Crippen LogP contribution in [0.1, 0.15) is 43.0 Å². The van der Waals surface area contributed by atoms with Crippen molar-refractivity contribution in [1.82, 2.24) is 0 Å². The smallest absolute Gasteiger partial charge is 1.00 e. The Hall–Kier alpha value is -2.10. The van der Waals surface area contributed by atoms with Gasteiger partial charge in [-0.2, -0.15) is 0 Å². The number of benzene rings is 4.